The quantitative estimate of drug-likeness (QED) is 0.529. The second kappa shape index (κ2) is 6.31. The number of benzene rings is 2. The summed E-state index contributed by atoms with van der Waals surface area (Å²) in [7, 11) is 0. The fourth-order valence-corrected chi connectivity index (χ4v) is 2.08. The molecule has 2 aromatic rings. The van der Waals surface area contributed by atoms with Gasteiger partial charge < -0.3 is 5.11 Å². The predicted octanol–water partition coefficient (Wildman–Crippen LogP) is 2.91. The highest BCUT2D eigenvalue weighted by atomic mass is 16.4. The third kappa shape index (κ3) is 2.88. The van der Waals surface area contributed by atoms with Crippen molar-refractivity contribution in [2.24, 2.45) is 0 Å². The van der Waals surface area contributed by atoms with Crippen LogP contribution in [0.1, 0.15) is 21.5 Å². The molecule has 0 fully saturated rings. The summed E-state index contributed by atoms with van der Waals surface area (Å²) < 4.78 is 0. The molecular formula is C17H11NO3. The second-order valence-corrected chi connectivity index (χ2v) is 4.24. The molecule has 2 rings (SSSR count). The largest absolute Gasteiger partial charge is 0.477 e. The topological polar surface area (TPSA) is 78.2 Å². The highest BCUT2D eigenvalue weighted by Crippen LogP contribution is 2.29. The lowest BCUT2D eigenvalue weighted by Crippen LogP contribution is -2.05. The number of carbonyl (C=O) groups is 2. The van der Waals surface area contributed by atoms with Crippen LogP contribution in [0.5, 0.6) is 0 Å². The Bertz CT molecular complexity index is 755. The number of aliphatic carboxylic acids is 1. The van der Waals surface area contributed by atoms with Crippen molar-refractivity contribution in [3.8, 4) is 6.07 Å². The number of carboxylic acid groups (broad SMARTS) is 1. The molecule has 0 unspecified atom stereocenters. The summed E-state index contributed by atoms with van der Waals surface area (Å²) in [6, 6.07) is 17.0. The minimum Gasteiger partial charge on any atom is -0.477 e. The molecule has 0 heterocycles. The Kier molecular flexibility index (Phi) is 4.27. The molecule has 1 N–H and O–H groups in total. The summed E-state index contributed by atoms with van der Waals surface area (Å²) in [4.78, 5) is 22.5. The molecule has 0 saturated carbocycles. The Balaban J connectivity index is 2.84. The Morgan fingerprint density at radius 2 is 1.67 bits per heavy atom. The van der Waals surface area contributed by atoms with E-state index in [0.29, 0.717) is 23.0 Å². The molecule has 0 aliphatic heterocycles. The van der Waals surface area contributed by atoms with Gasteiger partial charge in [0.15, 0.2) is 6.29 Å². The van der Waals surface area contributed by atoms with Gasteiger partial charge in [-0.2, -0.15) is 5.26 Å². The van der Waals surface area contributed by atoms with E-state index in [9.17, 15) is 20.0 Å². The Hall–Kier alpha value is -3.19. The molecule has 0 aliphatic carbocycles. The van der Waals surface area contributed by atoms with Gasteiger partial charge in [-0.25, -0.2) is 4.79 Å². The number of carboxylic acids is 1. The number of nitrogens with zero attached hydrogens (tertiary/aromatic N) is 1. The normalized spacial score (nSPS) is 11.2. The lowest BCUT2D eigenvalue weighted by Gasteiger charge is -2.11. The van der Waals surface area contributed by atoms with Crippen LogP contribution in [-0.4, -0.2) is 17.4 Å². The van der Waals surface area contributed by atoms with E-state index >= 15 is 0 Å². The maximum absolute atomic E-state index is 11.3. The zero-order chi connectivity index (χ0) is 15.2. The lowest BCUT2D eigenvalue weighted by atomic mass is 9.90. The van der Waals surface area contributed by atoms with Crippen LogP contribution in [0.3, 0.4) is 0 Å². The zero-order valence-electron chi connectivity index (χ0n) is 11.0. The first-order chi connectivity index (χ1) is 10.2. The average Bonchev–Trinajstić information content (AvgIpc) is 2.53. The van der Waals surface area contributed by atoms with Gasteiger partial charge in [0.05, 0.1) is 0 Å². The van der Waals surface area contributed by atoms with E-state index in [1.165, 1.54) is 0 Å². The van der Waals surface area contributed by atoms with E-state index in [-0.39, 0.29) is 5.57 Å². The van der Waals surface area contributed by atoms with Crippen LogP contribution in [0.25, 0.3) is 5.57 Å². The van der Waals surface area contributed by atoms with Crippen LogP contribution < -0.4 is 0 Å². The predicted molar refractivity (Wildman–Crippen MR) is 77.5 cm³/mol. The zero-order valence-corrected chi connectivity index (χ0v) is 11.0. The fourth-order valence-electron chi connectivity index (χ4n) is 2.08. The van der Waals surface area contributed by atoms with Crippen molar-refractivity contribution in [1.29, 1.82) is 5.26 Å². The minimum atomic E-state index is -1.32. The number of hydrogen-bond donors (Lipinski definition) is 1. The summed E-state index contributed by atoms with van der Waals surface area (Å²) in [5.41, 5.74) is 1.19. The SMILES string of the molecule is N#CC(C(=O)O)=C(c1ccccc1)c1ccccc1C=O. The first-order valence-corrected chi connectivity index (χ1v) is 6.16. The molecule has 0 spiro atoms. The van der Waals surface area contributed by atoms with Crippen LogP contribution >= 0.6 is 0 Å². The molecule has 102 valence electrons. The highest BCUT2D eigenvalue weighted by molar-refractivity contribution is 6.06. The van der Waals surface area contributed by atoms with Gasteiger partial charge >= 0.3 is 5.97 Å². The van der Waals surface area contributed by atoms with Gasteiger partial charge in [0.2, 0.25) is 0 Å². The number of hydrogen-bond acceptors (Lipinski definition) is 3. The van der Waals surface area contributed by atoms with E-state index in [0.717, 1.165) is 0 Å². The smallest absolute Gasteiger partial charge is 0.347 e. The number of rotatable bonds is 4. The minimum absolute atomic E-state index is 0.244. The molecular weight excluding hydrogens is 266 g/mol. The van der Waals surface area contributed by atoms with Crippen molar-refractivity contribution in [1.82, 2.24) is 0 Å². The standard InChI is InChI=1S/C17H11NO3/c18-10-15(17(20)21)16(12-6-2-1-3-7-12)14-9-5-4-8-13(14)11-19/h1-9,11H,(H,20,21). The van der Waals surface area contributed by atoms with Crippen LogP contribution in [-0.2, 0) is 4.79 Å². The third-order valence-corrected chi connectivity index (χ3v) is 3.00. The Morgan fingerprint density at radius 1 is 1.05 bits per heavy atom. The van der Waals surface area contributed by atoms with Crippen LogP contribution in [0, 0.1) is 11.3 Å². The monoisotopic (exact) mass is 277 g/mol. The van der Waals surface area contributed by atoms with Crippen molar-refractivity contribution in [3.05, 3.63) is 76.9 Å². The number of aldehydes is 1. The third-order valence-electron chi connectivity index (χ3n) is 3.00. The van der Waals surface area contributed by atoms with Crippen molar-refractivity contribution in [2.75, 3.05) is 0 Å². The van der Waals surface area contributed by atoms with Gasteiger partial charge in [-0.3, -0.25) is 4.79 Å². The molecule has 2 aromatic carbocycles. The second-order valence-electron chi connectivity index (χ2n) is 4.24. The molecule has 0 atom stereocenters. The molecule has 21 heavy (non-hydrogen) atoms. The van der Waals surface area contributed by atoms with Gasteiger partial charge in [-0.05, 0) is 11.1 Å². The molecule has 4 nitrogen and oxygen atoms in total. The van der Waals surface area contributed by atoms with Gasteiger partial charge in [-0.1, -0.05) is 54.6 Å². The van der Waals surface area contributed by atoms with E-state index < -0.39 is 11.5 Å². The fraction of sp³-hybridized carbons (Fsp3) is 0. The molecule has 0 amide bonds. The van der Waals surface area contributed by atoms with Crippen molar-refractivity contribution < 1.29 is 14.7 Å². The van der Waals surface area contributed by atoms with E-state index in [4.69, 9.17) is 0 Å². The van der Waals surface area contributed by atoms with Gasteiger partial charge in [-0.15, -0.1) is 0 Å². The Morgan fingerprint density at radius 3 is 2.24 bits per heavy atom. The van der Waals surface area contributed by atoms with Crippen LogP contribution in [0.2, 0.25) is 0 Å². The Labute approximate surface area is 121 Å². The maximum atomic E-state index is 11.3. The number of carbonyl (C=O) groups excluding carboxylic acids is 1. The molecule has 0 saturated heterocycles. The van der Waals surface area contributed by atoms with Gasteiger partial charge in [0.1, 0.15) is 11.6 Å². The van der Waals surface area contributed by atoms with E-state index in [1.807, 2.05) is 0 Å². The summed E-state index contributed by atoms with van der Waals surface area (Å²) in [6.07, 6.45) is 0.648. The summed E-state index contributed by atoms with van der Waals surface area (Å²) >= 11 is 0. The van der Waals surface area contributed by atoms with Crippen molar-refractivity contribution in [3.63, 3.8) is 0 Å². The first kappa shape index (κ1) is 14.2. The van der Waals surface area contributed by atoms with Gasteiger partial charge in [0.25, 0.3) is 0 Å². The summed E-state index contributed by atoms with van der Waals surface area (Å²) in [5.74, 6) is -1.32. The lowest BCUT2D eigenvalue weighted by molar-refractivity contribution is -0.132. The van der Waals surface area contributed by atoms with Crippen LogP contribution in [0.15, 0.2) is 60.2 Å². The molecule has 0 aromatic heterocycles. The van der Waals surface area contributed by atoms with Crippen molar-refractivity contribution >= 4 is 17.8 Å². The molecule has 0 bridgehead atoms. The molecule has 0 aliphatic rings. The van der Waals surface area contributed by atoms with E-state index in [1.54, 1.807) is 60.7 Å². The van der Waals surface area contributed by atoms with Gasteiger partial charge in [0, 0.05) is 11.1 Å². The number of nitriles is 1. The van der Waals surface area contributed by atoms with Crippen molar-refractivity contribution in [2.45, 2.75) is 0 Å². The maximum Gasteiger partial charge on any atom is 0.347 e. The van der Waals surface area contributed by atoms with Crippen LogP contribution in [0.4, 0.5) is 0 Å². The highest BCUT2D eigenvalue weighted by Gasteiger charge is 2.19. The van der Waals surface area contributed by atoms with E-state index in [2.05, 4.69) is 0 Å². The first-order valence-electron chi connectivity index (χ1n) is 6.16. The molecule has 0 radical (unpaired) electrons. The summed E-state index contributed by atoms with van der Waals surface area (Å²) in [5, 5.41) is 18.4. The average molecular weight is 277 g/mol. The summed E-state index contributed by atoms with van der Waals surface area (Å²) in [6.45, 7) is 0. The molecule has 4 heteroatoms.